The number of carbonyl (C=O) groups excluding carboxylic acids is 1. The van der Waals surface area contributed by atoms with E-state index in [9.17, 15) is 4.79 Å². The molecule has 0 spiro atoms. The molecule has 1 saturated heterocycles. The lowest BCUT2D eigenvalue weighted by atomic mass is 9.94. The first kappa shape index (κ1) is 24.9. The van der Waals surface area contributed by atoms with Crippen molar-refractivity contribution in [2.75, 3.05) is 20.2 Å². The number of likely N-dealkylation sites (tertiary alicyclic amines) is 1. The number of hydrogen-bond donors (Lipinski definition) is 0. The molecule has 4 aromatic heterocycles. The van der Waals surface area contributed by atoms with Crippen LogP contribution in [0.2, 0.25) is 0 Å². The van der Waals surface area contributed by atoms with Crippen molar-refractivity contribution in [1.82, 2.24) is 34.9 Å². The van der Waals surface area contributed by atoms with Crippen LogP contribution in [0.4, 0.5) is 0 Å². The summed E-state index contributed by atoms with van der Waals surface area (Å²) >= 11 is 0. The number of fused-ring (bicyclic) bond motifs is 3. The monoisotopic (exact) mass is 527 g/mol. The molecule has 0 N–H and O–H groups in total. The summed E-state index contributed by atoms with van der Waals surface area (Å²) in [5.74, 6) is 2.15. The minimum Gasteiger partial charge on any atom is -0.470 e. The van der Waals surface area contributed by atoms with Gasteiger partial charge in [-0.05, 0) is 37.0 Å². The number of nitrogens with zero attached hydrogens (tertiary/aromatic N) is 7. The topological polar surface area (TPSA) is 121 Å². The van der Waals surface area contributed by atoms with E-state index in [2.05, 4.69) is 27.3 Å². The second-order valence-electron chi connectivity index (χ2n) is 9.69. The van der Waals surface area contributed by atoms with Crippen LogP contribution in [0.5, 0.6) is 5.88 Å². The van der Waals surface area contributed by atoms with Crippen LogP contribution >= 0.6 is 0 Å². The number of carbonyl (C=O) groups is 1. The Morgan fingerprint density at radius 2 is 1.90 bits per heavy atom. The predicted octanol–water partition coefficient (Wildman–Crippen LogP) is 4.32. The lowest BCUT2D eigenvalue weighted by Gasteiger charge is -2.31. The number of amides is 1. The highest BCUT2D eigenvalue weighted by Crippen LogP contribution is 2.29. The quantitative estimate of drug-likeness (QED) is 0.290. The zero-order valence-electron chi connectivity index (χ0n) is 21.9. The first-order valence-electron chi connectivity index (χ1n) is 13.1. The molecule has 5 aromatic rings. The molecule has 0 radical (unpaired) electrons. The highest BCUT2D eigenvalue weighted by atomic mass is 16.5. The third-order valence-electron chi connectivity index (χ3n) is 7.21. The Hall–Kier alpha value is -4.38. The largest absolute Gasteiger partial charge is 0.470 e. The van der Waals surface area contributed by atoms with Gasteiger partial charge in [0.15, 0.2) is 17.1 Å². The van der Waals surface area contributed by atoms with Crippen LogP contribution < -0.4 is 4.74 Å². The normalized spacial score (nSPS) is 14.4. The number of pyridine rings is 1. The second kappa shape index (κ2) is 10.8. The van der Waals surface area contributed by atoms with E-state index in [0.29, 0.717) is 52.6 Å². The van der Waals surface area contributed by atoms with Gasteiger partial charge in [0.25, 0.3) is 5.91 Å². The van der Waals surface area contributed by atoms with Crippen molar-refractivity contribution in [1.29, 1.82) is 0 Å². The van der Waals surface area contributed by atoms with Crippen LogP contribution in [0.25, 0.3) is 27.9 Å². The molecule has 1 aliphatic rings. The van der Waals surface area contributed by atoms with E-state index in [1.54, 1.807) is 23.9 Å². The van der Waals surface area contributed by atoms with Gasteiger partial charge in [0.2, 0.25) is 11.7 Å². The van der Waals surface area contributed by atoms with Crippen LogP contribution in [0, 0.1) is 5.92 Å². The van der Waals surface area contributed by atoms with E-state index in [4.69, 9.17) is 19.1 Å². The van der Waals surface area contributed by atoms with Gasteiger partial charge in [-0.25, -0.2) is 0 Å². The average Bonchev–Trinajstić information content (AvgIpc) is 3.63. The fraction of sp³-hybridized carbons (Fsp3) is 0.357. The Kier molecular flexibility index (Phi) is 6.89. The third kappa shape index (κ3) is 4.92. The fourth-order valence-electron chi connectivity index (χ4n) is 4.95. The zero-order chi connectivity index (χ0) is 26.8. The number of piperidine rings is 1. The highest BCUT2D eigenvalue weighted by molar-refractivity contribution is 5.97. The van der Waals surface area contributed by atoms with Crippen molar-refractivity contribution in [3.8, 4) is 17.4 Å². The Morgan fingerprint density at radius 1 is 1.08 bits per heavy atom. The van der Waals surface area contributed by atoms with E-state index in [0.717, 1.165) is 36.7 Å². The molecular formula is C28H29N7O4. The number of rotatable bonds is 8. The summed E-state index contributed by atoms with van der Waals surface area (Å²) in [7, 11) is 1.59. The molecule has 1 amide bonds. The average molecular weight is 528 g/mol. The van der Waals surface area contributed by atoms with Crippen molar-refractivity contribution < 1.29 is 18.8 Å². The summed E-state index contributed by atoms with van der Waals surface area (Å²) in [6.07, 6.45) is 4.92. The van der Waals surface area contributed by atoms with Gasteiger partial charge in [-0.15, -0.1) is 15.3 Å². The number of hydrogen-bond acceptors (Lipinski definition) is 9. The molecule has 200 valence electrons. The summed E-state index contributed by atoms with van der Waals surface area (Å²) in [6.45, 7) is 4.29. The Morgan fingerprint density at radius 3 is 2.64 bits per heavy atom. The molecule has 0 bridgehead atoms. The minimum atomic E-state index is 0.0317. The zero-order valence-corrected chi connectivity index (χ0v) is 21.9. The van der Waals surface area contributed by atoms with Crippen LogP contribution in [0.1, 0.15) is 48.0 Å². The molecule has 0 atom stereocenters. The van der Waals surface area contributed by atoms with Gasteiger partial charge in [0.05, 0.1) is 11.3 Å². The molecule has 6 rings (SSSR count). The van der Waals surface area contributed by atoms with Crippen molar-refractivity contribution in [3.05, 3.63) is 65.7 Å². The maximum Gasteiger partial charge on any atom is 0.255 e. The molecule has 1 aliphatic heterocycles. The van der Waals surface area contributed by atoms with Crippen LogP contribution in [0.3, 0.4) is 0 Å². The first-order chi connectivity index (χ1) is 19.1. The van der Waals surface area contributed by atoms with Gasteiger partial charge in [-0.3, -0.25) is 9.78 Å². The molecule has 0 saturated carbocycles. The molecule has 5 heterocycles. The Bertz CT molecular complexity index is 1600. The predicted molar refractivity (Wildman–Crippen MR) is 142 cm³/mol. The van der Waals surface area contributed by atoms with Gasteiger partial charge in [-0.1, -0.05) is 36.7 Å². The summed E-state index contributed by atoms with van der Waals surface area (Å²) in [5.41, 5.74) is 2.34. The van der Waals surface area contributed by atoms with E-state index in [1.807, 2.05) is 41.3 Å². The SMILES string of the molecule is CCC1CCN(C(=O)c2ccc(COc3nn4c(-c5cc(COC)on5)nnc4c4ccccc34)nc2)CC1. The molecule has 11 heteroatoms. The molecule has 0 aliphatic carbocycles. The lowest BCUT2D eigenvalue weighted by molar-refractivity contribution is 0.0688. The second-order valence-corrected chi connectivity index (χ2v) is 9.69. The minimum absolute atomic E-state index is 0.0317. The Balaban J connectivity index is 1.23. The number of methoxy groups -OCH3 is 1. The van der Waals surface area contributed by atoms with Gasteiger partial charge in [0, 0.05) is 43.2 Å². The molecular weight excluding hydrogens is 498 g/mol. The number of benzene rings is 1. The van der Waals surface area contributed by atoms with Gasteiger partial charge < -0.3 is 18.9 Å². The maximum atomic E-state index is 12.9. The standard InChI is InChI=1S/C28H29N7O4/c1-3-18-10-12-34(13-11-18)28(36)19-8-9-20(29-15-19)16-38-27-23-7-5-4-6-22(23)25-30-31-26(35(25)32-27)24-14-21(17-37-2)39-33-24/h4-9,14-15,18H,3,10-13,16-17H2,1-2H3. The van der Waals surface area contributed by atoms with Gasteiger partial charge in [0.1, 0.15) is 13.2 Å². The van der Waals surface area contributed by atoms with Crippen LogP contribution in [-0.2, 0) is 18.0 Å². The van der Waals surface area contributed by atoms with E-state index in [-0.39, 0.29) is 12.5 Å². The fourth-order valence-corrected chi connectivity index (χ4v) is 4.95. The third-order valence-corrected chi connectivity index (χ3v) is 7.21. The van der Waals surface area contributed by atoms with E-state index in [1.165, 1.54) is 6.42 Å². The van der Waals surface area contributed by atoms with Crippen molar-refractivity contribution >= 4 is 22.3 Å². The highest BCUT2D eigenvalue weighted by Gasteiger charge is 2.23. The van der Waals surface area contributed by atoms with Crippen molar-refractivity contribution in [2.45, 2.75) is 39.4 Å². The van der Waals surface area contributed by atoms with E-state index >= 15 is 0 Å². The molecule has 1 fully saturated rings. The summed E-state index contributed by atoms with van der Waals surface area (Å²) in [6, 6.07) is 13.1. The van der Waals surface area contributed by atoms with Gasteiger partial charge in [-0.2, -0.15) is 4.52 Å². The van der Waals surface area contributed by atoms with Crippen LogP contribution in [0.15, 0.2) is 53.2 Å². The Labute approximate surface area is 224 Å². The molecule has 0 unspecified atom stereocenters. The van der Waals surface area contributed by atoms with Crippen molar-refractivity contribution in [2.24, 2.45) is 5.92 Å². The maximum absolute atomic E-state index is 12.9. The first-order valence-corrected chi connectivity index (χ1v) is 13.1. The van der Waals surface area contributed by atoms with Crippen LogP contribution in [-0.4, -0.2) is 61.0 Å². The molecule has 39 heavy (non-hydrogen) atoms. The number of ether oxygens (including phenoxy) is 2. The van der Waals surface area contributed by atoms with E-state index < -0.39 is 0 Å². The summed E-state index contributed by atoms with van der Waals surface area (Å²) in [4.78, 5) is 19.3. The number of aromatic nitrogens is 6. The van der Waals surface area contributed by atoms with Crippen molar-refractivity contribution in [3.63, 3.8) is 0 Å². The van der Waals surface area contributed by atoms with Gasteiger partial charge >= 0.3 is 0 Å². The lowest BCUT2D eigenvalue weighted by Crippen LogP contribution is -2.38. The smallest absolute Gasteiger partial charge is 0.255 e. The summed E-state index contributed by atoms with van der Waals surface area (Å²) < 4.78 is 18.2. The molecule has 11 nitrogen and oxygen atoms in total. The summed E-state index contributed by atoms with van der Waals surface area (Å²) in [5, 5.41) is 19.1. The molecule has 1 aromatic carbocycles.